The fourth-order valence-electron chi connectivity index (χ4n) is 6.93. The van der Waals surface area contributed by atoms with Gasteiger partial charge in [0.15, 0.2) is 24.0 Å². The highest BCUT2D eigenvalue weighted by molar-refractivity contribution is 5.96. The molecule has 0 amide bonds. The molecule has 280 valence electrons. The summed E-state index contributed by atoms with van der Waals surface area (Å²) >= 11 is 0. The Balaban J connectivity index is 1.23. The SMILES string of the molecule is CC1(C)O[C@@H]2[C@H](O1)[C@H]1OC(C)(C)O[C@H]1O[C@@H]2[C@@H](O)[C@H]1O[C@H](COC(=O)c2ccccc2)[C@@H](OC(=O)c2ccccc2)[C@H](OC(=O)c2ccccc2)C1=O. The maximum Gasteiger partial charge on any atom is 0.338 e. The number of ketones is 1. The van der Waals surface area contributed by atoms with Gasteiger partial charge in [0.2, 0.25) is 11.9 Å². The van der Waals surface area contributed by atoms with Crippen LogP contribution in [-0.4, -0.2) is 108 Å². The zero-order valence-corrected chi connectivity index (χ0v) is 29.4. The van der Waals surface area contributed by atoms with Gasteiger partial charge in [-0.15, -0.1) is 0 Å². The van der Waals surface area contributed by atoms with Gasteiger partial charge in [-0.2, -0.15) is 0 Å². The van der Waals surface area contributed by atoms with Crippen LogP contribution in [0, 0.1) is 0 Å². The predicted octanol–water partition coefficient (Wildman–Crippen LogP) is 3.39. The maximum atomic E-state index is 14.5. The van der Waals surface area contributed by atoms with Crippen molar-refractivity contribution in [2.75, 3.05) is 6.61 Å². The van der Waals surface area contributed by atoms with Crippen LogP contribution in [-0.2, 0) is 47.4 Å². The molecule has 0 unspecified atom stereocenters. The molecule has 0 aromatic heterocycles. The van der Waals surface area contributed by atoms with Gasteiger partial charge in [-0.05, 0) is 64.1 Å². The normalized spacial score (nSPS) is 31.8. The highest BCUT2D eigenvalue weighted by Gasteiger charge is 2.64. The molecule has 0 radical (unpaired) electrons. The lowest BCUT2D eigenvalue weighted by atomic mass is 9.87. The largest absolute Gasteiger partial charge is 0.459 e. The molecule has 4 saturated heterocycles. The molecule has 4 aliphatic rings. The number of carbonyl (C=O) groups is 4. The Kier molecular flexibility index (Phi) is 10.2. The third kappa shape index (κ3) is 7.76. The van der Waals surface area contributed by atoms with Crippen LogP contribution >= 0.6 is 0 Å². The average Bonchev–Trinajstić information content (AvgIpc) is 3.66. The van der Waals surface area contributed by atoms with E-state index in [1.807, 2.05) is 0 Å². The molecule has 14 nitrogen and oxygen atoms in total. The van der Waals surface area contributed by atoms with Crippen LogP contribution < -0.4 is 0 Å². The number of fused-ring (bicyclic) bond motifs is 3. The molecule has 0 bridgehead atoms. The van der Waals surface area contributed by atoms with E-state index < -0.39 is 103 Å². The number of carbonyl (C=O) groups excluding carboxylic acids is 4. The monoisotopic (exact) mass is 732 g/mol. The average molecular weight is 733 g/mol. The molecule has 3 aromatic carbocycles. The molecule has 4 fully saturated rings. The minimum atomic E-state index is -1.83. The van der Waals surface area contributed by atoms with Gasteiger partial charge in [0, 0.05) is 0 Å². The quantitative estimate of drug-likeness (QED) is 0.251. The van der Waals surface area contributed by atoms with Crippen molar-refractivity contribution in [2.24, 2.45) is 0 Å². The maximum absolute atomic E-state index is 14.5. The number of benzene rings is 3. The van der Waals surface area contributed by atoms with Crippen LogP contribution in [0.5, 0.6) is 0 Å². The van der Waals surface area contributed by atoms with E-state index in [9.17, 15) is 24.3 Å². The molecule has 0 saturated carbocycles. The van der Waals surface area contributed by atoms with Crippen molar-refractivity contribution in [3.63, 3.8) is 0 Å². The first kappa shape index (κ1) is 36.8. The van der Waals surface area contributed by atoms with E-state index in [2.05, 4.69) is 0 Å². The van der Waals surface area contributed by atoms with Crippen molar-refractivity contribution < 1.29 is 66.9 Å². The second-order valence-electron chi connectivity index (χ2n) is 14.0. The van der Waals surface area contributed by atoms with Gasteiger partial charge in [0.05, 0.1) is 16.7 Å². The van der Waals surface area contributed by atoms with E-state index in [0.717, 1.165) is 0 Å². The summed E-state index contributed by atoms with van der Waals surface area (Å²) < 4.78 is 54.1. The van der Waals surface area contributed by atoms with Crippen molar-refractivity contribution in [2.45, 2.75) is 100 Å². The summed E-state index contributed by atoms with van der Waals surface area (Å²) in [7, 11) is 0. The predicted molar refractivity (Wildman–Crippen MR) is 180 cm³/mol. The Labute approximate surface area is 305 Å². The first-order valence-corrected chi connectivity index (χ1v) is 17.3. The number of hydrogen-bond donors (Lipinski definition) is 1. The fourth-order valence-corrected chi connectivity index (χ4v) is 6.93. The number of rotatable bonds is 9. The summed E-state index contributed by atoms with van der Waals surface area (Å²) in [5, 5.41) is 12.1. The molecule has 53 heavy (non-hydrogen) atoms. The number of ether oxygens (including phenoxy) is 9. The standard InChI is InChI=1S/C39H40O14/c1-38(2)50-31-30(49-37-33(32(31)51-38)52-39(3,4)53-37)26(41)28-25(40)29(48-36(44)23-18-12-7-13-19-23)27(47-35(43)22-16-10-6-11-17-22)24(46-28)20-45-34(42)21-14-8-5-9-15-21/h5-19,24,26-33,37,41H,20H2,1-4H3/t24-,26+,27-,28+,29-,30-,31+,32+,33-,37-/m1/s1. The molecule has 14 heteroatoms. The summed E-state index contributed by atoms with van der Waals surface area (Å²) in [6.45, 7) is 6.21. The number of esters is 3. The van der Waals surface area contributed by atoms with Crippen LogP contribution in [0.3, 0.4) is 0 Å². The first-order valence-electron chi connectivity index (χ1n) is 17.3. The Morgan fingerprint density at radius 2 is 1.15 bits per heavy atom. The van der Waals surface area contributed by atoms with E-state index >= 15 is 0 Å². The van der Waals surface area contributed by atoms with E-state index in [1.54, 1.807) is 94.4 Å². The molecule has 1 N–H and O–H groups in total. The molecule has 0 aliphatic carbocycles. The van der Waals surface area contributed by atoms with Gasteiger partial charge < -0.3 is 47.7 Å². The van der Waals surface area contributed by atoms with Gasteiger partial charge in [-0.3, -0.25) is 4.79 Å². The lowest BCUT2D eigenvalue weighted by Gasteiger charge is -2.44. The molecular weight excluding hydrogens is 692 g/mol. The second-order valence-corrected chi connectivity index (χ2v) is 14.0. The highest BCUT2D eigenvalue weighted by atomic mass is 16.9. The van der Waals surface area contributed by atoms with E-state index in [-0.39, 0.29) is 16.7 Å². The summed E-state index contributed by atoms with van der Waals surface area (Å²) in [6, 6.07) is 24.0. The third-order valence-electron chi connectivity index (χ3n) is 9.27. The van der Waals surface area contributed by atoms with E-state index in [4.69, 9.17) is 42.6 Å². The summed E-state index contributed by atoms with van der Waals surface area (Å²) in [6.07, 6.45) is -13.3. The van der Waals surface area contributed by atoms with Crippen molar-refractivity contribution in [3.8, 4) is 0 Å². The third-order valence-corrected chi connectivity index (χ3v) is 9.27. The van der Waals surface area contributed by atoms with Gasteiger partial charge >= 0.3 is 17.9 Å². The van der Waals surface area contributed by atoms with Crippen molar-refractivity contribution in [1.29, 1.82) is 0 Å². The molecular formula is C39H40O14. The Morgan fingerprint density at radius 3 is 1.74 bits per heavy atom. The van der Waals surface area contributed by atoms with Crippen LogP contribution in [0.25, 0.3) is 0 Å². The zero-order chi connectivity index (χ0) is 37.5. The van der Waals surface area contributed by atoms with E-state index in [1.165, 1.54) is 24.3 Å². The summed E-state index contributed by atoms with van der Waals surface area (Å²) in [5.41, 5.74) is 0.460. The molecule has 10 atom stereocenters. The Bertz CT molecular complexity index is 1800. The van der Waals surface area contributed by atoms with Gasteiger partial charge in [0.25, 0.3) is 0 Å². The van der Waals surface area contributed by atoms with Crippen LogP contribution in [0.2, 0.25) is 0 Å². The number of aliphatic hydroxyl groups excluding tert-OH is 1. The minimum Gasteiger partial charge on any atom is -0.459 e. The van der Waals surface area contributed by atoms with Crippen LogP contribution in [0.1, 0.15) is 58.8 Å². The molecule has 7 rings (SSSR count). The lowest BCUT2D eigenvalue weighted by molar-refractivity contribution is -0.270. The molecule has 0 spiro atoms. The molecule has 4 heterocycles. The number of Topliss-reactive ketones (excluding diaryl/α,β-unsaturated/α-hetero) is 1. The highest BCUT2D eigenvalue weighted by Crippen LogP contribution is 2.45. The smallest absolute Gasteiger partial charge is 0.338 e. The van der Waals surface area contributed by atoms with E-state index in [0.29, 0.717) is 0 Å². The van der Waals surface area contributed by atoms with Crippen molar-refractivity contribution >= 4 is 23.7 Å². The molecule has 3 aromatic rings. The Morgan fingerprint density at radius 1 is 0.660 bits per heavy atom. The molecule has 4 aliphatic heterocycles. The zero-order valence-electron chi connectivity index (χ0n) is 29.4. The first-order chi connectivity index (χ1) is 25.3. The lowest BCUT2D eigenvalue weighted by Crippen LogP contribution is -2.66. The summed E-state index contributed by atoms with van der Waals surface area (Å²) in [5.74, 6) is -5.65. The van der Waals surface area contributed by atoms with Gasteiger partial charge in [-0.25, -0.2) is 14.4 Å². The number of aliphatic hydroxyl groups is 1. The summed E-state index contributed by atoms with van der Waals surface area (Å²) in [4.78, 5) is 54.6. The van der Waals surface area contributed by atoms with Crippen molar-refractivity contribution in [1.82, 2.24) is 0 Å². The Hall–Kier alpha value is -4.54. The fraction of sp³-hybridized carbons (Fsp3) is 0.436. The van der Waals surface area contributed by atoms with Gasteiger partial charge in [0.1, 0.15) is 49.3 Å². The van der Waals surface area contributed by atoms with Gasteiger partial charge in [-0.1, -0.05) is 54.6 Å². The minimum absolute atomic E-state index is 0.105. The second kappa shape index (κ2) is 14.7. The van der Waals surface area contributed by atoms with Crippen molar-refractivity contribution in [3.05, 3.63) is 108 Å². The number of hydrogen-bond acceptors (Lipinski definition) is 14. The van der Waals surface area contributed by atoms with Crippen LogP contribution in [0.4, 0.5) is 0 Å². The topological polar surface area (TPSA) is 172 Å². The van der Waals surface area contributed by atoms with Crippen LogP contribution in [0.15, 0.2) is 91.0 Å².